The number of hydrogen-bond donors (Lipinski definition) is 1. The Morgan fingerprint density at radius 3 is 2.54 bits per heavy atom. The average molecular weight is 184 g/mol. The van der Waals surface area contributed by atoms with Gasteiger partial charge in [0.25, 0.3) is 0 Å². The van der Waals surface area contributed by atoms with Crippen LogP contribution in [0.1, 0.15) is 33.0 Å². The minimum Gasteiger partial charge on any atom is -0.382 e. The standard InChI is InChI=1S/C8H16N4O/c1-6(2)5-8(3,13)7-9-11-12(4)10-7/h6,13H,5H2,1-4H3. The highest BCUT2D eigenvalue weighted by atomic mass is 16.3. The smallest absolute Gasteiger partial charge is 0.205 e. The molecule has 5 nitrogen and oxygen atoms in total. The van der Waals surface area contributed by atoms with Crippen molar-refractivity contribution in [3.63, 3.8) is 0 Å². The van der Waals surface area contributed by atoms with Crippen LogP contribution in [-0.2, 0) is 12.6 Å². The van der Waals surface area contributed by atoms with Gasteiger partial charge >= 0.3 is 0 Å². The lowest BCUT2D eigenvalue weighted by Gasteiger charge is -2.20. The highest BCUT2D eigenvalue weighted by molar-refractivity contribution is 4.94. The summed E-state index contributed by atoms with van der Waals surface area (Å²) in [6.07, 6.45) is 0.638. The van der Waals surface area contributed by atoms with Gasteiger partial charge in [0.1, 0.15) is 5.60 Å². The van der Waals surface area contributed by atoms with Crippen LogP contribution in [0.25, 0.3) is 0 Å². The number of aryl methyl sites for hydroxylation is 1. The van der Waals surface area contributed by atoms with Crippen molar-refractivity contribution < 1.29 is 5.11 Å². The highest BCUT2D eigenvalue weighted by Crippen LogP contribution is 2.24. The van der Waals surface area contributed by atoms with Gasteiger partial charge in [-0.1, -0.05) is 13.8 Å². The SMILES string of the molecule is CC(C)CC(C)(O)c1nnn(C)n1. The first-order valence-electron chi connectivity index (χ1n) is 4.38. The van der Waals surface area contributed by atoms with Gasteiger partial charge in [-0.3, -0.25) is 0 Å². The van der Waals surface area contributed by atoms with Crippen LogP contribution in [0.2, 0.25) is 0 Å². The second kappa shape index (κ2) is 3.41. The van der Waals surface area contributed by atoms with Crippen molar-refractivity contribution in [3.8, 4) is 0 Å². The summed E-state index contributed by atoms with van der Waals surface area (Å²) >= 11 is 0. The van der Waals surface area contributed by atoms with Crippen molar-refractivity contribution in [2.24, 2.45) is 13.0 Å². The van der Waals surface area contributed by atoms with Gasteiger partial charge in [0.05, 0.1) is 7.05 Å². The van der Waals surface area contributed by atoms with Crippen LogP contribution in [-0.4, -0.2) is 25.3 Å². The minimum absolute atomic E-state index is 0.392. The van der Waals surface area contributed by atoms with Crippen LogP contribution >= 0.6 is 0 Å². The number of aromatic nitrogens is 4. The summed E-state index contributed by atoms with van der Waals surface area (Å²) in [7, 11) is 1.68. The minimum atomic E-state index is -0.970. The Hall–Kier alpha value is -0.970. The van der Waals surface area contributed by atoms with E-state index in [9.17, 15) is 5.11 Å². The molecule has 1 unspecified atom stereocenters. The molecule has 0 aliphatic carbocycles. The maximum atomic E-state index is 9.99. The van der Waals surface area contributed by atoms with E-state index in [0.29, 0.717) is 18.2 Å². The molecule has 13 heavy (non-hydrogen) atoms. The normalized spacial score (nSPS) is 16.2. The van der Waals surface area contributed by atoms with Crippen molar-refractivity contribution in [1.29, 1.82) is 0 Å². The Balaban J connectivity index is 2.80. The lowest BCUT2D eigenvalue weighted by molar-refractivity contribution is 0.0257. The predicted molar refractivity (Wildman–Crippen MR) is 47.8 cm³/mol. The van der Waals surface area contributed by atoms with E-state index in [1.165, 1.54) is 4.80 Å². The number of aliphatic hydroxyl groups is 1. The van der Waals surface area contributed by atoms with Gasteiger partial charge in [0.15, 0.2) is 0 Å². The summed E-state index contributed by atoms with van der Waals surface area (Å²) in [5.74, 6) is 0.794. The summed E-state index contributed by atoms with van der Waals surface area (Å²) in [4.78, 5) is 1.35. The second-order valence-corrected chi connectivity index (χ2v) is 3.97. The van der Waals surface area contributed by atoms with Crippen LogP contribution in [0.3, 0.4) is 0 Å². The Labute approximate surface area is 77.8 Å². The number of rotatable bonds is 3. The third-order valence-corrected chi connectivity index (χ3v) is 1.80. The lowest BCUT2D eigenvalue weighted by Crippen LogP contribution is -2.25. The van der Waals surface area contributed by atoms with Gasteiger partial charge in [-0.05, 0) is 24.5 Å². The van der Waals surface area contributed by atoms with E-state index in [2.05, 4.69) is 15.4 Å². The molecule has 0 fully saturated rings. The van der Waals surface area contributed by atoms with E-state index in [1.807, 2.05) is 13.8 Å². The average Bonchev–Trinajstić information content (AvgIpc) is 2.32. The Bertz CT molecular complexity index is 279. The molecule has 74 valence electrons. The molecule has 0 aliphatic heterocycles. The molecule has 0 aromatic carbocycles. The maximum Gasteiger partial charge on any atom is 0.205 e. The zero-order chi connectivity index (χ0) is 10.1. The van der Waals surface area contributed by atoms with E-state index in [0.717, 1.165) is 0 Å². The zero-order valence-corrected chi connectivity index (χ0v) is 8.52. The van der Waals surface area contributed by atoms with Gasteiger partial charge in [-0.2, -0.15) is 4.80 Å². The van der Waals surface area contributed by atoms with Crippen molar-refractivity contribution in [3.05, 3.63) is 5.82 Å². The summed E-state index contributed by atoms with van der Waals surface area (Å²) in [6.45, 7) is 5.81. The Kier molecular flexibility index (Phi) is 2.66. The first-order chi connectivity index (χ1) is 5.92. The molecule has 0 bridgehead atoms. The first kappa shape index (κ1) is 10.1. The van der Waals surface area contributed by atoms with Crippen molar-refractivity contribution in [1.82, 2.24) is 20.2 Å². The van der Waals surface area contributed by atoms with E-state index in [4.69, 9.17) is 0 Å². The fraction of sp³-hybridized carbons (Fsp3) is 0.875. The summed E-state index contributed by atoms with van der Waals surface area (Å²) in [5.41, 5.74) is -0.970. The van der Waals surface area contributed by atoms with Crippen molar-refractivity contribution in [2.45, 2.75) is 32.8 Å². The first-order valence-corrected chi connectivity index (χ1v) is 4.38. The fourth-order valence-corrected chi connectivity index (χ4v) is 1.39. The van der Waals surface area contributed by atoms with Crippen LogP contribution in [0, 0.1) is 5.92 Å². The molecule has 1 aromatic rings. The molecule has 1 N–H and O–H groups in total. The molecule has 0 spiro atoms. The maximum absolute atomic E-state index is 9.99. The van der Waals surface area contributed by atoms with Gasteiger partial charge < -0.3 is 5.11 Å². The van der Waals surface area contributed by atoms with Gasteiger partial charge in [-0.15, -0.1) is 10.2 Å². The molecule has 0 amide bonds. The van der Waals surface area contributed by atoms with Gasteiger partial charge in [-0.25, -0.2) is 0 Å². The van der Waals surface area contributed by atoms with E-state index in [1.54, 1.807) is 14.0 Å². The van der Waals surface area contributed by atoms with E-state index in [-0.39, 0.29) is 0 Å². The fourth-order valence-electron chi connectivity index (χ4n) is 1.39. The molecule has 0 radical (unpaired) electrons. The summed E-state index contributed by atoms with van der Waals surface area (Å²) in [6, 6.07) is 0. The molecule has 1 aromatic heterocycles. The van der Waals surface area contributed by atoms with Crippen molar-refractivity contribution >= 4 is 0 Å². The molecular weight excluding hydrogens is 168 g/mol. The lowest BCUT2D eigenvalue weighted by atomic mass is 9.94. The topological polar surface area (TPSA) is 63.8 Å². The monoisotopic (exact) mass is 184 g/mol. The van der Waals surface area contributed by atoms with Crippen LogP contribution in [0.5, 0.6) is 0 Å². The van der Waals surface area contributed by atoms with Crippen LogP contribution in [0.4, 0.5) is 0 Å². The zero-order valence-electron chi connectivity index (χ0n) is 8.52. The third kappa shape index (κ3) is 2.48. The number of tetrazole rings is 1. The van der Waals surface area contributed by atoms with Crippen LogP contribution < -0.4 is 0 Å². The van der Waals surface area contributed by atoms with Gasteiger partial charge in [0.2, 0.25) is 5.82 Å². The molecule has 0 saturated carbocycles. The Morgan fingerprint density at radius 2 is 2.15 bits per heavy atom. The number of nitrogens with zero attached hydrogens (tertiary/aromatic N) is 4. The summed E-state index contributed by atoms with van der Waals surface area (Å²) in [5, 5.41) is 21.4. The van der Waals surface area contributed by atoms with Gasteiger partial charge in [0, 0.05) is 0 Å². The second-order valence-electron chi connectivity index (χ2n) is 3.97. The molecular formula is C8H16N4O. The molecule has 5 heteroatoms. The van der Waals surface area contributed by atoms with Crippen molar-refractivity contribution in [2.75, 3.05) is 0 Å². The molecule has 0 aliphatic rings. The molecule has 0 saturated heterocycles. The van der Waals surface area contributed by atoms with Crippen LogP contribution in [0.15, 0.2) is 0 Å². The highest BCUT2D eigenvalue weighted by Gasteiger charge is 2.29. The quantitative estimate of drug-likeness (QED) is 0.741. The molecule has 1 atom stereocenters. The predicted octanol–water partition coefficient (Wildman–Crippen LogP) is 0.464. The molecule has 1 heterocycles. The van der Waals surface area contributed by atoms with E-state index < -0.39 is 5.60 Å². The summed E-state index contributed by atoms with van der Waals surface area (Å²) < 4.78 is 0. The number of hydrogen-bond acceptors (Lipinski definition) is 4. The van der Waals surface area contributed by atoms with E-state index >= 15 is 0 Å². The Morgan fingerprint density at radius 1 is 1.54 bits per heavy atom. The molecule has 1 rings (SSSR count). The largest absolute Gasteiger partial charge is 0.382 e. The third-order valence-electron chi connectivity index (χ3n) is 1.80.